The number of ether oxygens (including phenoxy) is 1. The molecule has 0 amide bonds. The van der Waals surface area contributed by atoms with Crippen LogP contribution < -0.4 is 4.74 Å². The highest BCUT2D eigenvalue weighted by molar-refractivity contribution is 9.10. The molecular formula is C14H18BrNO2. The second-order valence-corrected chi connectivity index (χ2v) is 5.51. The van der Waals surface area contributed by atoms with E-state index in [1.54, 1.807) is 13.0 Å². The number of nitrogens with zero attached hydrogens (tertiary/aromatic N) is 1. The number of Topliss-reactive ketones (excluding diaryl/α,β-unsaturated/α-hetero) is 1. The first-order valence-corrected chi connectivity index (χ1v) is 7.12. The van der Waals surface area contributed by atoms with Crippen LogP contribution in [0.2, 0.25) is 0 Å². The van der Waals surface area contributed by atoms with Crippen LogP contribution in [0.5, 0.6) is 5.75 Å². The summed E-state index contributed by atoms with van der Waals surface area (Å²) in [7, 11) is 0. The van der Waals surface area contributed by atoms with Crippen molar-refractivity contribution in [2.45, 2.75) is 19.8 Å². The van der Waals surface area contributed by atoms with Gasteiger partial charge >= 0.3 is 0 Å². The Labute approximate surface area is 116 Å². The molecule has 0 aliphatic carbocycles. The Morgan fingerprint density at radius 2 is 2.11 bits per heavy atom. The van der Waals surface area contributed by atoms with E-state index >= 15 is 0 Å². The first-order valence-electron chi connectivity index (χ1n) is 6.32. The highest BCUT2D eigenvalue weighted by Gasteiger charge is 2.12. The molecule has 4 heteroatoms. The lowest BCUT2D eigenvalue weighted by molar-refractivity contribution is 0.101. The van der Waals surface area contributed by atoms with Gasteiger partial charge in [0.2, 0.25) is 0 Å². The number of halogens is 1. The molecule has 1 aromatic carbocycles. The van der Waals surface area contributed by atoms with Gasteiger partial charge in [0.15, 0.2) is 5.78 Å². The number of ketones is 1. The summed E-state index contributed by atoms with van der Waals surface area (Å²) in [5.74, 6) is 0.717. The van der Waals surface area contributed by atoms with Gasteiger partial charge in [-0.15, -0.1) is 0 Å². The molecule has 1 saturated heterocycles. The molecule has 0 saturated carbocycles. The first-order chi connectivity index (χ1) is 8.66. The van der Waals surface area contributed by atoms with Crippen LogP contribution in [0, 0.1) is 0 Å². The summed E-state index contributed by atoms with van der Waals surface area (Å²) in [5, 5.41) is 0. The van der Waals surface area contributed by atoms with Gasteiger partial charge in [0, 0.05) is 11.0 Å². The van der Waals surface area contributed by atoms with Crippen LogP contribution in [0.4, 0.5) is 0 Å². The molecule has 98 valence electrons. The summed E-state index contributed by atoms with van der Waals surface area (Å²) >= 11 is 3.40. The molecule has 1 heterocycles. The Hall–Kier alpha value is -0.870. The van der Waals surface area contributed by atoms with E-state index in [-0.39, 0.29) is 5.78 Å². The third kappa shape index (κ3) is 3.56. The minimum Gasteiger partial charge on any atom is -0.491 e. The van der Waals surface area contributed by atoms with Crippen molar-refractivity contribution in [2.24, 2.45) is 0 Å². The normalized spacial score (nSPS) is 15.9. The molecule has 0 spiro atoms. The van der Waals surface area contributed by atoms with E-state index in [0.717, 1.165) is 11.0 Å². The van der Waals surface area contributed by atoms with Crippen LogP contribution in [0.3, 0.4) is 0 Å². The van der Waals surface area contributed by atoms with E-state index in [1.165, 1.54) is 25.9 Å². The minimum atomic E-state index is 0.0404. The number of hydrogen-bond acceptors (Lipinski definition) is 3. The zero-order valence-corrected chi connectivity index (χ0v) is 12.2. The van der Waals surface area contributed by atoms with Crippen molar-refractivity contribution in [1.29, 1.82) is 0 Å². The zero-order valence-electron chi connectivity index (χ0n) is 10.6. The molecule has 3 nitrogen and oxygen atoms in total. The first kappa shape index (κ1) is 13.6. The lowest BCUT2D eigenvalue weighted by Gasteiger charge is -2.16. The molecule has 2 rings (SSSR count). The Morgan fingerprint density at radius 3 is 2.78 bits per heavy atom. The van der Waals surface area contributed by atoms with Crippen LogP contribution in [0.15, 0.2) is 22.7 Å². The summed E-state index contributed by atoms with van der Waals surface area (Å²) in [6.07, 6.45) is 2.57. The lowest BCUT2D eigenvalue weighted by Crippen LogP contribution is -2.25. The van der Waals surface area contributed by atoms with Gasteiger partial charge in [0.05, 0.1) is 5.56 Å². The van der Waals surface area contributed by atoms with Crippen LogP contribution in [0.1, 0.15) is 30.1 Å². The molecule has 1 aromatic rings. The smallest absolute Gasteiger partial charge is 0.163 e. The van der Waals surface area contributed by atoms with E-state index in [1.807, 2.05) is 12.1 Å². The largest absolute Gasteiger partial charge is 0.491 e. The highest BCUT2D eigenvalue weighted by atomic mass is 79.9. The van der Waals surface area contributed by atoms with Crippen molar-refractivity contribution in [2.75, 3.05) is 26.2 Å². The van der Waals surface area contributed by atoms with E-state index < -0.39 is 0 Å². The van der Waals surface area contributed by atoms with Crippen molar-refractivity contribution in [3.8, 4) is 5.75 Å². The number of benzene rings is 1. The number of hydrogen-bond donors (Lipinski definition) is 0. The van der Waals surface area contributed by atoms with Crippen molar-refractivity contribution >= 4 is 21.7 Å². The molecular weight excluding hydrogens is 294 g/mol. The second kappa shape index (κ2) is 6.34. The molecule has 0 bridgehead atoms. The fraction of sp³-hybridized carbons (Fsp3) is 0.500. The summed E-state index contributed by atoms with van der Waals surface area (Å²) in [5.41, 5.74) is 0.652. The monoisotopic (exact) mass is 311 g/mol. The third-order valence-corrected chi connectivity index (χ3v) is 3.68. The number of carbonyl (C=O) groups excluding carboxylic acids is 1. The molecule has 0 unspecified atom stereocenters. The van der Waals surface area contributed by atoms with Crippen LogP contribution >= 0.6 is 15.9 Å². The topological polar surface area (TPSA) is 29.5 Å². The fourth-order valence-electron chi connectivity index (χ4n) is 2.20. The Bertz CT molecular complexity index is 428. The maximum atomic E-state index is 11.5. The fourth-order valence-corrected chi connectivity index (χ4v) is 2.54. The maximum absolute atomic E-state index is 11.5. The minimum absolute atomic E-state index is 0.0404. The molecule has 1 fully saturated rings. The predicted molar refractivity (Wildman–Crippen MR) is 75.3 cm³/mol. The lowest BCUT2D eigenvalue weighted by atomic mass is 10.1. The number of likely N-dealkylation sites (tertiary alicyclic amines) is 1. The Morgan fingerprint density at radius 1 is 1.39 bits per heavy atom. The number of carbonyl (C=O) groups is 1. The second-order valence-electron chi connectivity index (χ2n) is 4.59. The molecule has 0 aromatic heterocycles. The SMILES string of the molecule is CC(=O)c1ccc(Br)cc1OCCN1CCCC1. The average Bonchev–Trinajstić information content (AvgIpc) is 2.82. The standard InChI is InChI=1S/C14H18BrNO2/c1-11(17)13-5-4-12(15)10-14(13)18-9-8-16-6-2-3-7-16/h4-5,10H,2-3,6-9H2,1H3. The molecule has 1 aliphatic rings. The van der Waals surface area contributed by atoms with Crippen LogP contribution in [-0.4, -0.2) is 36.9 Å². The van der Waals surface area contributed by atoms with Crippen LogP contribution in [0.25, 0.3) is 0 Å². The van der Waals surface area contributed by atoms with Gasteiger partial charge in [-0.25, -0.2) is 0 Å². The van der Waals surface area contributed by atoms with Gasteiger partial charge in [-0.05, 0) is 51.1 Å². The Balaban J connectivity index is 1.94. The average molecular weight is 312 g/mol. The van der Waals surface area contributed by atoms with E-state index in [0.29, 0.717) is 17.9 Å². The molecule has 1 aliphatic heterocycles. The highest BCUT2D eigenvalue weighted by Crippen LogP contribution is 2.24. The van der Waals surface area contributed by atoms with Crippen molar-refractivity contribution in [3.63, 3.8) is 0 Å². The van der Waals surface area contributed by atoms with Gasteiger partial charge in [0.25, 0.3) is 0 Å². The van der Waals surface area contributed by atoms with E-state index in [4.69, 9.17) is 4.74 Å². The number of rotatable bonds is 5. The van der Waals surface area contributed by atoms with Gasteiger partial charge in [0.1, 0.15) is 12.4 Å². The summed E-state index contributed by atoms with van der Waals surface area (Å²) in [4.78, 5) is 13.9. The maximum Gasteiger partial charge on any atom is 0.163 e. The molecule has 18 heavy (non-hydrogen) atoms. The summed E-state index contributed by atoms with van der Waals surface area (Å²) in [6, 6.07) is 5.53. The molecule has 0 atom stereocenters. The predicted octanol–water partition coefficient (Wildman–Crippen LogP) is 3.13. The third-order valence-electron chi connectivity index (χ3n) is 3.19. The van der Waals surface area contributed by atoms with Crippen molar-refractivity contribution in [1.82, 2.24) is 4.90 Å². The summed E-state index contributed by atoms with van der Waals surface area (Å²) in [6.45, 7) is 5.47. The quantitative estimate of drug-likeness (QED) is 0.782. The molecule has 0 radical (unpaired) electrons. The van der Waals surface area contributed by atoms with Crippen LogP contribution in [-0.2, 0) is 0 Å². The zero-order chi connectivity index (χ0) is 13.0. The van der Waals surface area contributed by atoms with E-state index in [9.17, 15) is 4.79 Å². The van der Waals surface area contributed by atoms with Crippen molar-refractivity contribution in [3.05, 3.63) is 28.2 Å². The summed E-state index contributed by atoms with van der Waals surface area (Å²) < 4.78 is 6.68. The van der Waals surface area contributed by atoms with Gasteiger partial charge < -0.3 is 4.74 Å². The van der Waals surface area contributed by atoms with Gasteiger partial charge in [-0.3, -0.25) is 9.69 Å². The van der Waals surface area contributed by atoms with Gasteiger partial charge in [-0.2, -0.15) is 0 Å². The molecule has 0 N–H and O–H groups in total. The van der Waals surface area contributed by atoms with Crippen molar-refractivity contribution < 1.29 is 9.53 Å². The van der Waals surface area contributed by atoms with Gasteiger partial charge in [-0.1, -0.05) is 15.9 Å². The Kier molecular flexibility index (Phi) is 4.78. The van der Waals surface area contributed by atoms with E-state index in [2.05, 4.69) is 20.8 Å².